The van der Waals surface area contributed by atoms with Crippen LogP contribution in [0.1, 0.15) is 12.5 Å². The fraction of sp³-hybridized carbons (Fsp3) is 0.500. The van der Waals surface area contributed by atoms with Gasteiger partial charge in [0, 0.05) is 31.5 Å². The summed E-state index contributed by atoms with van der Waals surface area (Å²) in [7, 11) is 3.26. The van der Waals surface area contributed by atoms with E-state index in [0.717, 1.165) is 11.3 Å². The standard InChI is InChI=1S/C14H22N2O3/c1-11(9-18-2)16-14(17)8-15-13-7-5-4-6-12(13)10-19-3/h4-7,11,15H,8-10H2,1-3H3,(H,16,17). The third kappa shape index (κ3) is 5.72. The fourth-order valence-corrected chi connectivity index (χ4v) is 1.77. The quantitative estimate of drug-likeness (QED) is 0.746. The number of carbonyl (C=O) groups excluding carboxylic acids is 1. The summed E-state index contributed by atoms with van der Waals surface area (Å²) in [4.78, 5) is 11.7. The van der Waals surface area contributed by atoms with Crippen molar-refractivity contribution < 1.29 is 14.3 Å². The van der Waals surface area contributed by atoms with Gasteiger partial charge < -0.3 is 20.1 Å². The third-order valence-corrected chi connectivity index (χ3v) is 2.58. The molecule has 0 saturated carbocycles. The van der Waals surface area contributed by atoms with Gasteiger partial charge in [-0.05, 0) is 13.0 Å². The highest BCUT2D eigenvalue weighted by Crippen LogP contribution is 2.15. The Balaban J connectivity index is 2.45. The molecule has 0 aliphatic carbocycles. The van der Waals surface area contributed by atoms with Crippen molar-refractivity contribution in [2.75, 3.05) is 32.7 Å². The molecule has 106 valence electrons. The number of ether oxygens (including phenoxy) is 2. The Morgan fingerprint density at radius 1 is 1.26 bits per heavy atom. The summed E-state index contributed by atoms with van der Waals surface area (Å²) >= 11 is 0. The molecule has 0 aliphatic rings. The number of carbonyl (C=O) groups is 1. The summed E-state index contributed by atoms with van der Waals surface area (Å²) in [6, 6.07) is 7.78. The molecule has 1 aromatic rings. The predicted octanol–water partition coefficient (Wildman–Crippen LogP) is 1.40. The Morgan fingerprint density at radius 3 is 2.68 bits per heavy atom. The van der Waals surface area contributed by atoms with E-state index in [0.29, 0.717) is 13.2 Å². The van der Waals surface area contributed by atoms with Gasteiger partial charge >= 0.3 is 0 Å². The average Bonchev–Trinajstić information content (AvgIpc) is 2.38. The maximum Gasteiger partial charge on any atom is 0.239 e. The second kappa shape index (κ2) is 8.50. The molecule has 0 aromatic heterocycles. The van der Waals surface area contributed by atoms with Crippen LogP contribution in [0.4, 0.5) is 5.69 Å². The second-order valence-corrected chi connectivity index (χ2v) is 4.37. The number of nitrogens with one attached hydrogen (secondary N) is 2. The van der Waals surface area contributed by atoms with Gasteiger partial charge in [-0.1, -0.05) is 18.2 Å². The molecule has 5 heteroatoms. The van der Waals surface area contributed by atoms with E-state index in [9.17, 15) is 4.79 Å². The van der Waals surface area contributed by atoms with E-state index in [2.05, 4.69) is 10.6 Å². The molecule has 0 bridgehead atoms. The fourth-order valence-electron chi connectivity index (χ4n) is 1.77. The molecule has 1 aromatic carbocycles. The lowest BCUT2D eigenvalue weighted by molar-refractivity contribution is -0.120. The van der Waals surface area contributed by atoms with Gasteiger partial charge in [-0.25, -0.2) is 0 Å². The molecular formula is C14H22N2O3. The first-order valence-electron chi connectivity index (χ1n) is 6.26. The van der Waals surface area contributed by atoms with E-state index in [-0.39, 0.29) is 18.5 Å². The molecule has 1 atom stereocenters. The van der Waals surface area contributed by atoms with Gasteiger partial charge in [-0.15, -0.1) is 0 Å². The number of hydrogen-bond donors (Lipinski definition) is 2. The van der Waals surface area contributed by atoms with E-state index >= 15 is 0 Å². The lowest BCUT2D eigenvalue weighted by atomic mass is 10.2. The molecule has 0 fully saturated rings. The number of para-hydroxylation sites is 1. The maximum absolute atomic E-state index is 11.7. The van der Waals surface area contributed by atoms with Crippen molar-refractivity contribution >= 4 is 11.6 Å². The van der Waals surface area contributed by atoms with Crippen LogP contribution in [0.5, 0.6) is 0 Å². The highest BCUT2D eigenvalue weighted by atomic mass is 16.5. The highest BCUT2D eigenvalue weighted by Gasteiger charge is 2.07. The van der Waals surface area contributed by atoms with Crippen LogP contribution in [0, 0.1) is 0 Å². The first kappa shape index (κ1) is 15.5. The van der Waals surface area contributed by atoms with Crippen molar-refractivity contribution in [2.45, 2.75) is 19.6 Å². The monoisotopic (exact) mass is 266 g/mol. The van der Waals surface area contributed by atoms with Crippen LogP contribution in [-0.4, -0.2) is 39.3 Å². The molecule has 2 N–H and O–H groups in total. The molecule has 1 rings (SSSR count). The van der Waals surface area contributed by atoms with Gasteiger partial charge in [0.05, 0.1) is 19.8 Å². The average molecular weight is 266 g/mol. The Kier molecular flexibility index (Phi) is 6.92. The van der Waals surface area contributed by atoms with Gasteiger partial charge in [-0.3, -0.25) is 4.79 Å². The summed E-state index contributed by atoms with van der Waals surface area (Å²) in [5, 5.41) is 5.96. The van der Waals surface area contributed by atoms with Crippen molar-refractivity contribution in [2.24, 2.45) is 0 Å². The van der Waals surface area contributed by atoms with Crippen molar-refractivity contribution in [3.05, 3.63) is 29.8 Å². The summed E-state index contributed by atoms with van der Waals surface area (Å²) in [6.07, 6.45) is 0. The first-order chi connectivity index (χ1) is 9.17. The SMILES string of the molecule is COCc1ccccc1NCC(=O)NC(C)COC. The molecule has 1 unspecified atom stereocenters. The zero-order chi connectivity index (χ0) is 14.1. The van der Waals surface area contributed by atoms with Gasteiger partial charge in [0.15, 0.2) is 0 Å². The molecule has 0 radical (unpaired) electrons. The number of hydrogen-bond acceptors (Lipinski definition) is 4. The summed E-state index contributed by atoms with van der Waals surface area (Å²) in [5.74, 6) is -0.0585. The molecule has 5 nitrogen and oxygen atoms in total. The van der Waals surface area contributed by atoms with Crippen molar-refractivity contribution in [1.82, 2.24) is 5.32 Å². The van der Waals surface area contributed by atoms with Crippen molar-refractivity contribution in [1.29, 1.82) is 0 Å². The van der Waals surface area contributed by atoms with Gasteiger partial charge in [-0.2, -0.15) is 0 Å². The molecular weight excluding hydrogens is 244 g/mol. The largest absolute Gasteiger partial charge is 0.383 e. The smallest absolute Gasteiger partial charge is 0.239 e. The number of rotatable bonds is 8. The minimum absolute atomic E-state index is 0.00789. The van der Waals surface area contributed by atoms with E-state index in [1.807, 2.05) is 31.2 Å². The summed E-state index contributed by atoms with van der Waals surface area (Å²) < 4.78 is 10.1. The van der Waals surface area contributed by atoms with E-state index in [4.69, 9.17) is 9.47 Å². The molecule has 0 heterocycles. The Bertz CT molecular complexity index is 396. The van der Waals surface area contributed by atoms with Crippen LogP contribution in [0.2, 0.25) is 0 Å². The normalized spacial score (nSPS) is 11.9. The maximum atomic E-state index is 11.7. The van der Waals surface area contributed by atoms with Crippen LogP contribution in [0.25, 0.3) is 0 Å². The van der Waals surface area contributed by atoms with Crippen LogP contribution in [0.15, 0.2) is 24.3 Å². The highest BCUT2D eigenvalue weighted by molar-refractivity contribution is 5.81. The molecule has 0 aliphatic heterocycles. The van der Waals surface area contributed by atoms with Gasteiger partial charge in [0.25, 0.3) is 0 Å². The topological polar surface area (TPSA) is 59.6 Å². The minimum Gasteiger partial charge on any atom is -0.383 e. The van der Waals surface area contributed by atoms with Crippen LogP contribution in [-0.2, 0) is 20.9 Å². The van der Waals surface area contributed by atoms with Crippen LogP contribution >= 0.6 is 0 Å². The van der Waals surface area contributed by atoms with E-state index in [1.54, 1.807) is 14.2 Å². The number of amides is 1. The predicted molar refractivity (Wildman–Crippen MR) is 75.1 cm³/mol. The van der Waals surface area contributed by atoms with Gasteiger partial charge in [0.1, 0.15) is 0 Å². The lowest BCUT2D eigenvalue weighted by Crippen LogP contribution is -2.39. The first-order valence-corrected chi connectivity index (χ1v) is 6.26. The van der Waals surface area contributed by atoms with Gasteiger partial charge in [0.2, 0.25) is 5.91 Å². The zero-order valence-electron chi connectivity index (χ0n) is 11.7. The van der Waals surface area contributed by atoms with Crippen LogP contribution < -0.4 is 10.6 Å². The molecule has 0 spiro atoms. The van der Waals surface area contributed by atoms with Crippen molar-refractivity contribution in [3.63, 3.8) is 0 Å². The second-order valence-electron chi connectivity index (χ2n) is 4.37. The minimum atomic E-state index is -0.0585. The number of methoxy groups -OCH3 is 2. The van der Waals surface area contributed by atoms with E-state index in [1.165, 1.54) is 0 Å². The molecule has 19 heavy (non-hydrogen) atoms. The van der Waals surface area contributed by atoms with Crippen LogP contribution in [0.3, 0.4) is 0 Å². The van der Waals surface area contributed by atoms with E-state index < -0.39 is 0 Å². The lowest BCUT2D eigenvalue weighted by Gasteiger charge is -2.15. The number of benzene rings is 1. The number of anilines is 1. The Morgan fingerprint density at radius 2 is 2.00 bits per heavy atom. The zero-order valence-corrected chi connectivity index (χ0v) is 11.7. The molecule has 0 saturated heterocycles. The summed E-state index contributed by atoms with van der Waals surface area (Å²) in [6.45, 7) is 3.16. The van der Waals surface area contributed by atoms with Crippen molar-refractivity contribution in [3.8, 4) is 0 Å². The summed E-state index contributed by atoms with van der Waals surface area (Å²) in [5.41, 5.74) is 1.95. The Labute approximate surface area is 114 Å². The molecule has 1 amide bonds. The Hall–Kier alpha value is -1.59. The third-order valence-electron chi connectivity index (χ3n) is 2.58.